The lowest BCUT2D eigenvalue weighted by molar-refractivity contribution is -0.174. The Morgan fingerprint density at radius 3 is 1.73 bits per heavy atom. The molecule has 1 rings (SSSR count). The number of hydrogen-bond acceptors (Lipinski definition) is 6. The van der Waals surface area contributed by atoms with Crippen LogP contribution in [0.5, 0.6) is 0 Å². The molecule has 0 unspecified atom stereocenters. The molecule has 0 radical (unpaired) electrons. The van der Waals surface area contributed by atoms with Crippen LogP contribution in [0, 0.1) is 11.8 Å². The predicted molar refractivity (Wildman–Crippen MR) is 146 cm³/mol. The summed E-state index contributed by atoms with van der Waals surface area (Å²) in [5, 5.41) is 9.23. The minimum atomic E-state index is -1.17. The zero-order valence-electron chi connectivity index (χ0n) is 23.5. The Morgan fingerprint density at radius 2 is 1.22 bits per heavy atom. The van der Waals surface area contributed by atoms with Gasteiger partial charge in [-0.25, -0.2) is 9.59 Å². The summed E-state index contributed by atoms with van der Waals surface area (Å²) < 4.78 is 22.8. The highest BCUT2D eigenvalue weighted by Crippen LogP contribution is 2.13. The monoisotopic (exact) mass is 522 g/mol. The maximum absolute atomic E-state index is 12.2. The Hall–Kier alpha value is -1.96. The highest BCUT2D eigenvalue weighted by atomic mass is 16.7. The van der Waals surface area contributed by atoms with E-state index in [1.54, 1.807) is 12.1 Å². The molecule has 0 aliphatic heterocycles. The summed E-state index contributed by atoms with van der Waals surface area (Å²) in [7, 11) is 0. The van der Waals surface area contributed by atoms with Crippen molar-refractivity contribution >= 4 is 11.9 Å². The number of ether oxygens (including phenoxy) is 4. The van der Waals surface area contributed by atoms with E-state index in [0.717, 1.165) is 37.5 Å². The Morgan fingerprint density at radius 1 is 0.703 bits per heavy atom. The SMILES string of the molecule is CC(C)CCCCCCOC(COCCOC(=O)c1ccccc1C(=O)O)OCCCCCCC(C)C. The van der Waals surface area contributed by atoms with Gasteiger partial charge in [0.15, 0.2) is 6.29 Å². The Balaban J connectivity index is 2.33. The summed E-state index contributed by atoms with van der Waals surface area (Å²) in [6, 6.07) is 5.99. The molecule has 7 heteroatoms. The number of hydrogen-bond donors (Lipinski definition) is 1. The number of unbranched alkanes of at least 4 members (excludes halogenated alkanes) is 6. The van der Waals surface area contributed by atoms with Crippen LogP contribution < -0.4 is 0 Å². The molecule has 0 bridgehead atoms. The van der Waals surface area contributed by atoms with Gasteiger partial charge in [0.1, 0.15) is 6.61 Å². The first-order valence-electron chi connectivity index (χ1n) is 14.1. The third kappa shape index (κ3) is 17.2. The minimum absolute atomic E-state index is 0.0191. The zero-order chi connectivity index (χ0) is 27.3. The molecular formula is C30H50O7. The molecule has 37 heavy (non-hydrogen) atoms. The van der Waals surface area contributed by atoms with E-state index in [1.165, 1.54) is 50.7 Å². The van der Waals surface area contributed by atoms with Gasteiger partial charge in [-0.05, 0) is 36.8 Å². The quantitative estimate of drug-likeness (QED) is 0.0928. The van der Waals surface area contributed by atoms with Crippen LogP contribution in [0.25, 0.3) is 0 Å². The molecule has 0 aliphatic rings. The van der Waals surface area contributed by atoms with Crippen LogP contribution in [0.15, 0.2) is 24.3 Å². The van der Waals surface area contributed by atoms with Crippen LogP contribution in [-0.4, -0.2) is 56.4 Å². The van der Waals surface area contributed by atoms with Gasteiger partial charge in [0, 0.05) is 13.2 Å². The normalized spacial score (nSPS) is 11.5. The number of carbonyl (C=O) groups is 2. The van der Waals surface area contributed by atoms with Crippen LogP contribution >= 0.6 is 0 Å². The van der Waals surface area contributed by atoms with Crippen molar-refractivity contribution in [3.8, 4) is 0 Å². The number of benzene rings is 1. The van der Waals surface area contributed by atoms with Crippen LogP contribution in [0.1, 0.15) is 113 Å². The van der Waals surface area contributed by atoms with Crippen LogP contribution in [-0.2, 0) is 18.9 Å². The molecule has 212 valence electrons. The lowest BCUT2D eigenvalue weighted by Gasteiger charge is -2.19. The highest BCUT2D eigenvalue weighted by molar-refractivity contribution is 6.02. The van der Waals surface area contributed by atoms with Gasteiger partial charge in [0.05, 0.1) is 24.3 Å². The number of esters is 1. The van der Waals surface area contributed by atoms with E-state index in [2.05, 4.69) is 27.7 Å². The number of aromatic carboxylic acids is 1. The van der Waals surface area contributed by atoms with Crippen molar-refractivity contribution in [1.82, 2.24) is 0 Å². The first kappa shape index (κ1) is 33.1. The topological polar surface area (TPSA) is 91.3 Å². The summed E-state index contributed by atoms with van der Waals surface area (Å²) in [5.74, 6) is -0.341. The van der Waals surface area contributed by atoms with E-state index >= 15 is 0 Å². The summed E-state index contributed by atoms with van der Waals surface area (Å²) in [5.41, 5.74) is -0.0509. The van der Waals surface area contributed by atoms with Crippen molar-refractivity contribution in [2.45, 2.75) is 98.2 Å². The van der Waals surface area contributed by atoms with Crippen LogP contribution in [0.4, 0.5) is 0 Å². The first-order chi connectivity index (χ1) is 17.8. The average Bonchev–Trinajstić information content (AvgIpc) is 2.86. The maximum Gasteiger partial charge on any atom is 0.339 e. The number of carboxylic acid groups (broad SMARTS) is 1. The molecular weight excluding hydrogens is 472 g/mol. The van der Waals surface area contributed by atoms with Gasteiger partial charge >= 0.3 is 11.9 Å². The van der Waals surface area contributed by atoms with E-state index in [4.69, 9.17) is 18.9 Å². The van der Waals surface area contributed by atoms with Crippen molar-refractivity contribution in [3.63, 3.8) is 0 Å². The van der Waals surface area contributed by atoms with Gasteiger partial charge in [-0.1, -0.05) is 91.2 Å². The average molecular weight is 523 g/mol. The maximum atomic E-state index is 12.2. The van der Waals surface area contributed by atoms with E-state index in [0.29, 0.717) is 13.2 Å². The molecule has 0 amide bonds. The fraction of sp³-hybridized carbons (Fsp3) is 0.733. The molecule has 0 saturated heterocycles. The molecule has 0 fully saturated rings. The number of rotatable bonds is 23. The third-order valence-electron chi connectivity index (χ3n) is 6.05. The smallest absolute Gasteiger partial charge is 0.339 e. The molecule has 0 aliphatic carbocycles. The zero-order valence-corrected chi connectivity index (χ0v) is 23.5. The molecule has 0 heterocycles. The third-order valence-corrected chi connectivity index (χ3v) is 6.05. The lowest BCUT2D eigenvalue weighted by Crippen LogP contribution is -2.26. The van der Waals surface area contributed by atoms with Crippen molar-refractivity contribution < 1.29 is 33.6 Å². The van der Waals surface area contributed by atoms with Crippen molar-refractivity contribution in [2.75, 3.05) is 33.0 Å². The number of carbonyl (C=O) groups excluding carboxylic acids is 1. The molecule has 0 spiro atoms. The minimum Gasteiger partial charge on any atom is -0.478 e. The first-order valence-corrected chi connectivity index (χ1v) is 14.1. The van der Waals surface area contributed by atoms with Gasteiger partial charge in [-0.15, -0.1) is 0 Å². The largest absolute Gasteiger partial charge is 0.478 e. The van der Waals surface area contributed by atoms with Gasteiger partial charge in [-0.2, -0.15) is 0 Å². The Bertz CT molecular complexity index is 710. The van der Waals surface area contributed by atoms with Crippen molar-refractivity contribution in [1.29, 1.82) is 0 Å². The summed E-state index contributed by atoms with van der Waals surface area (Å²) >= 11 is 0. The Kier molecular flexibility index (Phi) is 18.8. The van der Waals surface area contributed by atoms with Gasteiger partial charge in [0.2, 0.25) is 0 Å². The molecule has 0 saturated carbocycles. The fourth-order valence-electron chi connectivity index (χ4n) is 3.89. The van der Waals surface area contributed by atoms with Crippen LogP contribution in [0.3, 0.4) is 0 Å². The van der Waals surface area contributed by atoms with Gasteiger partial charge < -0.3 is 24.1 Å². The van der Waals surface area contributed by atoms with Crippen molar-refractivity contribution in [2.24, 2.45) is 11.8 Å². The Labute approximate surface area is 224 Å². The van der Waals surface area contributed by atoms with Gasteiger partial charge in [0.25, 0.3) is 0 Å². The molecule has 7 nitrogen and oxygen atoms in total. The van der Waals surface area contributed by atoms with Gasteiger partial charge in [-0.3, -0.25) is 0 Å². The predicted octanol–water partition coefficient (Wildman–Crippen LogP) is 7.13. The lowest BCUT2D eigenvalue weighted by atomic mass is 10.0. The van der Waals surface area contributed by atoms with Crippen molar-refractivity contribution in [3.05, 3.63) is 35.4 Å². The summed E-state index contributed by atoms with van der Waals surface area (Å²) in [4.78, 5) is 23.5. The van der Waals surface area contributed by atoms with E-state index in [9.17, 15) is 14.7 Å². The van der Waals surface area contributed by atoms with E-state index in [-0.39, 0.29) is 30.9 Å². The second kappa shape index (κ2) is 21.0. The molecule has 1 aromatic carbocycles. The second-order valence-corrected chi connectivity index (χ2v) is 10.4. The summed E-state index contributed by atoms with van der Waals surface area (Å²) in [6.07, 6.45) is 11.3. The molecule has 0 aromatic heterocycles. The summed E-state index contributed by atoms with van der Waals surface area (Å²) in [6.45, 7) is 10.7. The second-order valence-electron chi connectivity index (χ2n) is 10.4. The number of carboxylic acids is 1. The van der Waals surface area contributed by atoms with E-state index < -0.39 is 18.2 Å². The molecule has 0 atom stereocenters. The molecule has 1 N–H and O–H groups in total. The highest BCUT2D eigenvalue weighted by Gasteiger charge is 2.17. The van der Waals surface area contributed by atoms with Crippen LogP contribution in [0.2, 0.25) is 0 Å². The molecule has 1 aromatic rings. The van der Waals surface area contributed by atoms with E-state index in [1.807, 2.05) is 0 Å². The fourth-order valence-corrected chi connectivity index (χ4v) is 3.89. The standard InChI is InChI=1S/C30H50O7/c1-24(2)15-9-5-7-13-19-35-28(36-20-14-8-6-10-16-25(3)4)23-34-21-22-37-30(33)27-18-12-11-17-26(27)29(31)32/h11-12,17-18,24-25,28H,5-10,13-16,19-23H2,1-4H3,(H,31,32).